The van der Waals surface area contributed by atoms with Gasteiger partial charge in [0.15, 0.2) is 0 Å². The number of nitrogens with one attached hydrogen (secondary N) is 1. The minimum absolute atomic E-state index is 0.308. The van der Waals surface area contributed by atoms with E-state index in [1.807, 2.05) is 0 Å². The molecule has 2 rings (SSSR count). The summed E-state index contributed by atoms with van der Waals surface area (Å²) in [6, 6.07) is 12.2. The van der Waals surface area contributed by atoms with Crippen LogP contribution in [0.1, 0.15) is 22.8 Å². The molecule has 0 aliphatic rings. The van der Waals surface area contributed by atoms with E-state index in [2.05, 4.69) is 26.4 Å². The molecule has 6 heteroatoms. The number of hydrogen-bond donors (Lipinski definition) is 2. The van der Waals surface area contributed by atoms with Crippen LogP contribution in [-0.2, 0) is 0 Å². The molecule has 0 saturated carbocycles. The van der Waals surface area contributed by atoms with E-state index in [4.69, 9.17) is 16.8 Å². The van der Waals surface area contributed by atoms with Gasteiger partial charge in [0, 0.05) is 15.7 Å². The molecule has 0 spiro atoms. The Kier molecular flexibility index (Phi) is 4.98. The van der Waals surface area contributed by atoms with Crippen LogP contribution in [0.5, 0.6) is 0 Å². The quantitative estimate of drug-likeness (QED) is 0.475. The summed E-state index contributed by atoms with van der Waals surface area (Å²) < 4.78 is 0.661. The molecule has 0 bridgehead atoms. The zero-order valence-corrected chi connectivity index (χ0v) is 13.4. The Bertz CT molecular complexity index is 717. The van der Waals surface area contributed by atoms with E-state index < -0.39 is 0 Å². The second kappa shape index (κ2) is 6.74. The van der Waals surface area contributed by atoms with Crippen LogP contribution in [0.2, 0.25) is 5.02 Å². The van der Waals surface area contributed by atoms with Crippen LogP contribution >= 0.6 is 27.5 Å². The molecule has 2 aromatic rings. The maximum Gasteiger partial charge on any atom is 0.257 e. The highest BCUT2D eigenvalue weighted by molar-refractivity contribution is 9.10. The average Bonchev–Trinajstić information content (AvgIpc) is 2.49. The van der Waals surface area contributed by atoms with Gasteiger partial charge in [-0.05, 0) is 47.1 Å². The van der Waals surface area contributed by atoms with Gasteiger partial charge in [0.1, 0.15) is 0 Å². The minimum atomic E-state index is -0.308. The monoisotopic (exact) mass is 366 g/mol. The maximum atomic E-state index is 12.2. The fraction of sp³-hybridized carbons (Fsp3) is 0.0667. The van der Waals surface area contributed by atoms with Crippen molar-refractivity contribution >= 4 is 44.8 Å². The highest BCUT2D eigenvalue weighted by atomic mass is 79.9. The van der Waals surface area contributed by atoms with E-state index in [1.165, 1.54) is 0 Å². The molecule has 0 unspecified atom stereocenters. The van der Waals surface area contributed by atoms with Crippen molar-refractivity contribution in [2.24, 2.45) is 5.16 Å². The fourth-order valence-corrected chi connectivity index (χ4v) is 2.34. The number of nitrogens with zero attached hydrogens (tertiary/aromatic N) is 1. The number of carbonyl (C=O) groups is 1. The number of anilines is 1. The summed E-state index contributed by atoms with van der Waals surface area (Å²) in [7, 11) is 0. The van der Waals surface area contributed by atoms with Crippen molar-refractivity contribution in [1.29, 1.82) is 0 Å². The zero-order chi connectivity index (χ0) is 15.4. The number of oxime groups is 1. The van der Waals surface area contributed by atoms with E-state index in [0.29, 0.717) is 26.5 Å². The molecule has 0 radical (unpaired) electrons. The first kappa shape index (κ1) is 15.5. The van der Waals surface area contributed by atoms with E-state index in [9.17, 15) is 4.79 Å². The summed E-state index contributed by atoms with van der Waals surface area (Å²) in [6.07, 6.45) is 0. The molecule has 0 aromatic heterocycles. The van der Waals surface area contributed by atoms with Gasteiger partial charge in [0.2, 0.25) is 0 Å². The lowest BCUT2D eigenvalue weighted by atomic mass is 10.1. The van der Waals surface area contributed by atoms with Crippen LogP contribution < -0.4 is 5.32 Å². The normalized spacial score (nSPS) is 11.3. The van der Waals surface area contributed by atoms with E-state index in [0.717, 1.165) is 5.56 Å². The third kappa shape index (κ3) is 3.62. The molecule has 2 N–H and O–H groups in total. The van der Waals surface area contributed by atoms with Crippen LogP contribution in [0, 0.1) is 0 Å². The van der Waals surface area contributed by atoms with Crippen molar-refractivity contribution in [2.45, 2.75) is 6.92 Å². The lowest BCUT2D eigenvalue weighted by Crippen LogP contribution is -2.13. The van der Waals surface area contributed by atoms with E-state index >= 15 is 0 Å². The Morgan fingerprint density at radius 2 is 2.00 bits per heavy atom. The molecule has 0 aliphatic carbocycles. The number of amides is 1. The van der Waals surface area contributed by atoms with Crippen molar-refractivity contribution < 1.29 is 10.0 Å². The summed E-state index contributed by atoms with van der Waals surface area (Å²) in [6.45, 7) is 1.67. The zero-order valence-electron chi connectivity index (χ0n) is 11.1. The van der Waals surface area contributed by atoms with Gasteiger partial charge < -0.3 is 10.5 Å². The SMILES string of the molecule is C/C(=N/O)c1cccc(NC(=O)c2cccc(Br)c2Cl)c1. The van der Waals surface area contributed by atoms with Gasteiger partial charge in [-0.25, -0.2) is 0 Å². The first-order chi connectivity index (χ1) is 10.0. The van der Waals surface area contributed by atoms with Crippen molar-refractivity contribution in [3.05, 3.63) is 63.1 Å². The second-order valence-electron chi connectivity index (χ2n) is 4.32. The molecule has 4 nitrogen and oxygen atoms in total. The summed E-state index contributed by atoms with van der Waals surface area (Å²) >= 11 is 9.38. The van der Waals surface area contributed by atoms with Crippen LogP contribution in [-0.4, -0.2) is 16.8 Å². The molecule has 0 aliphatic heterocycles. The largest absolute Gasteiger partial charge is 0.411 e. The maximum absolute atomic E-state index is 12.2. The number of benzene rings is 2. The van der Waals surface area contributed by atoms with Crippen molar-refractivity contribution in [1.82, 2.24) is 0 Å². The van der Waals surface area contributed by atoms with Gasteiger partial charge in [-0.15, -0.1) is 0 Å². The number of halogens is 2. The number of hydrogen-bond acceptors (Lipinski definition) is 3. The molecule has 21 heavy (non-hydrogen) atoms. The number of carbonyl (C=O) groups excluding carboxylic acids is 1. The Morgan fingerprint density at radius 3 is 2.71 bits per heavy atom. The molecular formula is C15H12BrClN2O2. The Labute approximate surface area is 135 Å². The first-order valence-corrected chi connectivity index (χ1v) is 7.24. The highest BCUT2D eigenvalue weighted by Crippen LogP contribution is 2.26. The minimum Gasteiger partial charge on any atom is -0.411 e. The Balaban J connectivity index is 2.26. The van der Waals surface area contributed by atoms with Crippen molar-refractivity contribution in [2.75, 3.05) is 5.32 Å². The summed E-state index contributed by atoms with van der Waals surface area (Å²) in [5.74, 6) is -0.308. The standard InChI is InChI=1S/C15H12BrClN2O2/c1-9(19-21)10-4-2-5-11(8-10)18-15(20)12-6-3-7-13(16)14(12)17/h2-8,21H,1H3,(H,18,20)/b19-9-. The van der Waals surface area contributed by atoms with Crippen LogP contribution in [0.4, 0.5) is 5.69 Å². The molecule has 0 heterocycles. The third-order valence-electron chi connectivity index (χ3n) is 2.88. The van der Waals surface area contributed by atoms with Crippen LogP contribution in [0.15, 0.2) is 52.1 Å². The molecule has 0 saturated heterocycles. The number of rotatable bonds is 3. The lowest BCUT2D eigenvalue weighted by Gasteiger charge is -2.09. The molecule has 0 fully saturated rings. The predicted molar refractivity (Wildman–Crippen MR) is 87.5 cm³/mol. The first-order valence-electron chi connectivity index (χ1n) is 6.07. The lowest BCUT2D eigenvalue weighted by molar-refractivity contribution is 0.102. The van der Waals surface area contributed by atoms with Crippen LogP contribution in [0.25, 0.3) is 0 Å². The van der Waals surface area contributed by atoms with Gasteiger partial charge in [-0.1, -0.05) is 35.0 Å². The summed E-state index contributed by atoms with van der Waals surface area (Å²) in [4.78, 5) is 12.2. The molecular weight excluding hydrogens is 356 g/mol. The van der Waals surface area contributed by atoms with Crippen molar-refractivity contribution in [3.8, 4) is 0 Å². The molecule has 1 amide bonds. The van der Waals surface area contributed by atoms with Gasteiger partial charge in [-0.2, -0.15) is 0 Å². The van der Waals surface area contributed by atoms with E-state index in [1.54, 1.807) is 49.4 Å². The molecule has 0 atom stereocenters. The summed E-state index contributed by atoms with van der Waals surface area (Å²) in [5.41, 5.74) is 2.16. The average molecular weight is 368 g/mol. The van der Waals surface area contributed by atoms with Gasteiger partial charge >= 0.3 is 0 Å². The summed E-state index contributed by atoms with van der Waals surface area (Å²) in [5, 5.41) is 15.0. The second-order valence-corrected chi connectivity index (χ2v) is 5.55. The topological polar surface area (TPSA) is 61.7 Å². The Hall–Kier alpha value is -1.85. The van der Waals surface area contributed by atoms with Crippen LogP contribution in [0.3, 0.4) is 0 Å². The van der Waals surface area contributed by atoms with Gasteiger partial charge in [0.05, 0.1) is 16.3 Å². The predicted octanol–water partition coefficient (Wildman–Crippen LogP) is 4.55. The van der Waals surface area contributed by atoms with Gasteiger partial charge in [-0.3, -0.25) is 4.79 Å². The third-order valence-corrected chi connectivity index (χ3v) is 4.18. The Morgan fingerprint density at radius 1 is 1.29 bits per heavy atom. The molecule has 108 valence electrons. The molecule has 2 aromatic carbocycles. The van der Waals surface area contributed by atoms with E-state index in [-0.39, 0.29) is 5.91 Å². The van der Waals surface area contributed by atoms with Gasteiger partial charge in [0.25, 0.3) is 5.91 Å². The smallest absolute Gasteiger partial charge is 0.257 e. The fourth-order valence-electron chi connectivity index (χ4n) is 1.76. The van der Waals surface area contributed by atoms with Crippen molar-refractivity contribution in [3.63, 3.8) is 0 Å². The highest BCUT2D eigenvalue weighted by Gasteiger charge is 2.12.